The lowest BCUT2D eigenvalue weighted by Gasteiger charge is -2.29. The highest BCUT2D eigenvalue weighted by molar-refractivity contribution is 7.80. The van der Waals surface area contributed by atoms with E-state index in [1.54, 1.807) is 24.3 Å². The number of nitrogens with one attached hydrogen (secondary N) is 1. The summed E-state index contributed by atoms with van der Waals surface area (Å²) in [5.41, 5.74) is 0.518. The third kappa shape index (κ3) is 4.73. The number of carbonyl (C=O) groups is 3. The minimum Gasteiger partial charge on any atom is -0.546 e. The molecule has 7 nitrogen and oxygen atoms in total. The maximum atomic E-state index is 13.0. The second-order valence-electron chi connectivity index (χ2n) is 5.91. The molecule has 0 unspecified atom stereocenters. The molecule has 11 heteroatoms. The van der Waals surface area contributed by atoms with Crippen LogP contribution in [0.3, 0.4) is 0 Å². The SMILES string of the molecule is O=C([O-])COc1c(Cl)cc(/C=C2/C(=O)NC(=S)N(c3ccc(Cl)cc3)C2=O)cc1Cl. The number of ether oxygens (including phenoxy) is 1. The number of benzene rings is 2. The van der Waals surface area contributed by atoms with Gasteiger partial charge in [0.25, 0.3) is 11.8 Å². The third-order valence-corrected chi connectivity index (χ3v) is 4.95. The van der Waals surface area contributed by atoms with Crippen LogP contribution in [0.4, 0.5) is 5.69 Å². The number of aliphatic carboxylic acids is 1. The zero-order chi connectivity index (χ0) is 22.0. The van der Waals surface area contributed by atoms with Crippen LogP contribution in [-0.2, 0) is 14.4 Å². The fraction of sp³-hybridized carbons (Fsp3) is 0.0526. The largest absolute Gasteiger partial charge is 0.546 e. The first-order valence-corrected chi connectivity index (χ1v) is 9.70. The van der Waals surface area contributed by atoms with E-state index < -0.39 is 24.4 Å². The zero-order valence-electron chi connectivity index (χ0n) is 14.8. The highest BCUT2D eigenvalue weighted by Gasteiger charge is 2.34. The van der Waals surface area contributed by atoms with Crippen molar-refractivity contribution in [1.82, 2.24) is 5.32 Å². The van der Waals surface area contributed by atoms with Gasteiger partial charge in [-0.1, -0.05) is 34.8 Å². The first-order chi connectivity index (χ1) is 14.2. The van der Waals surface area contributed by atoms with Crippen LogP contribution in [-0.4, -0.2) is 29.5 Å². The molecule has 1 saturated heterocycles. The molecule has 0 atom stereocenters. The van der Waals surface area contributed by atoms with Gasteiger partial charge in [0.2, 0.25) is 0 Å². The molecule has 1 N–H and O–H groups in total. The number of carbonyl (C=O) groups excluding carboxylic acids is 3. The molecule has 0 saturated carbocycles. The number of rotatable bonds is 5. The smallest absolute Gasteiger partial charge is 0.270 e. The van der Waals surface area contributed by atoms with Gasteiger partial charge in [-0.3, -0.25) is 19.8 Å². The summed E-state index contributed by atoms with van der Waals surface area (Å²) in [6.07, 6.45) is 1.28. The van der Waals surface area contributed by atoms with Crippen LogP contribution in [0.5, 0.6) is 5.75 Å². The molecule has 0 spiro atoms. The van der Waals surface area contributed by atoms with Crippen molar-refractivity contribution in [2.24, 2.45) is 0 Å². The predicted molar refractivity (Wildman–Crippen MR) is 115 cm³/mol. The Hall–Kier alpha value is -2.65. The van der Waals surface area contributed by atoms with Gasteiger partial charge in [0.05, 0.1) is 21.7 Å². The van der Waals surface area contributed by atoms with Gasteiger partial charge in [0, 0.05) is 5.02 Å². The number of hydrogen-bond acceptors (Lipinski definition) is 6. The predicted octanol–water partition coefficient (Wildman–Crippen LogP) is 2.61. The Kier molecular flexibility index (Phi) is 6.62. The Bertz CT molecular complexity index is 1080. The van der Waals surface area contributed by atoms with Crippen molar-refractivity contribution in [3.8, 4) is 5.75 Å². The number of hydrogen-bond donors (Lipinski definition) is 1. The van der Waals surface area contributed by atoms with E-state index in [0.717, 1.165) is 4.90 Å². The summed E-state index contributed by atoms with van der Waals surface area (Å²) in [5, 5.41) is 13.4. The van der Waals surface area contributed by atoms with Crippen molar-refractivity contribution < 1.29 is 24.2 Å². The Morgan fingerprint density at radius 3 is 2.30 bits per heavy atom. The van der Waals surface area contributed by atoms with E-state index in [1.165, 1.54) is 18.2 Å². The molecule has 30 heavy (non-hydrogen) atoms. The summed E-state index contributed by atoms with van der Waals surface area (Å²) in [4.78, 5) is 37.0. The summed E-state index contributed by atoms with van der Waals surface area (Å²) in [6.45, 7) is -0.742. The molecule has 3 rings (SSSR count). The molecule has 2 amide bonds. The maximum absolute atomic E-state index is 13.0. The van der Waals surface area contributed by atoms with Gasteiger partial charge >= 0.3 is 0 Å². The van der Waals surface area contributed by atoms with Gasteiger partial charge in [0.15, 0.2) is 10.9 Å². The van der Waals surface area contributed by atoms with Crippen LogP contribution in [0.2, 0.25) is 15.1 Å². The molecule has 0 aromatic heterocycles. The molecule has 1 fully saturated rings. The van der Waals surface area contributed by atoms with Crippen molar-refractivity contribution in [2.75, 3.05) is 11.5 Å². The van der Waals surface area contributed by atoms with Gasteiger partial charge < -0.3 is 14.6 Å². The Morgan fingerprint density at radius 1 is 1.13 bits per heavy atom. The molecule has 1 heterocycles. The third-order valence-electron chi connectivity index (χ3n) is 3.85. The summed E-state index contributed by atoms with van der Waals surface area (Å²) >= 11 is 23.2. The molecular weight excluding hydrogens is 475 g/mol. The molecule has 0 bridgehead atoms. The summed E-state index contributed by atoms with van der Waals surface area (Å²) in [5.74, 6) is -2.86. The standard InChI is InChI=1S/C19H11Cl3N2O5S/c20-10-1-3-11(4-2-10)24-18(28)12(17(27)23-19(24)30)5-9-6-13(21)16(14(22)7-9)29-8-15(25)26/h1-7H,8H2,(H,25,26)(H,23,27,30)/p-1/b12-5-. The molecule has 2 aromatic carbocycles. The second-order valence-corrected chi connectivity index (χ2v) is 7.55. The molecule has 2 aromatic rings. The van der Waals surface area contributed by atoms with Crippen molar-refractivity contribution in [3.05, 3.63) is 62.6 Å². The highest BCUT2D eigenvalue weighted by atomic mass is 35.5. The number of anilines is 1. The van der Waals surface area contributed by atoms with Crippen molar-refractivity contribution in [2.45, 2.75) is 0 Å². The van der Waals surface area contributed by atoms with E-state index in [2.05, 4.69) is 5.32 Å². The lowest BCUT2D eigenvalue weighted by molar-refractivity contribution is -0.307. The van der Waals surface area contributed by atoms with E-state index in [0.29, 0.717) is 16.3 Å². The van der Waals surface area contributed by atoms with E-state index in [1.807, 2.05) is 0 Å². The first-order valence-electron chi connectivity index (χ1n) is 8.16. The van der Waals surface area contributed by atoms with Gasteiger partial charge in [-0.15, -0.1) is 0 Å². The quantitative estimate of drug-likeness (QED) is 0.398. The minimum absolute atomic E-state index is 0.00987. The van der Waals surface area contributed by atoms with Gasteiger partial charge in [-0.25, -0.2) is 0 Å². The second kappa shape index (κ2) is 9.01. The van der Waals surface area contributed by atoms with Crippen LogP contribution >= 0.6 is 47.0 Å². The van der Waals surface area contributed by atoms with E-state index >= 15 is 0 Å². The fourth-order valence-electron chi connectivity index (χ4n) is 2.58. The van der Waals surface area contributed by atoms with Gasteiger partial charge in [-0.05, 0) is 60.3 Å². The number of carboxylic acid groups (broad SMARTS) is 1. The lowest BCUT2D eigenvalue weighted by Crippen LogP contribution is -2.54. The molecule has 154 valence electrons. The topological polar surface area (TPSA) is 98.8 Å². The molecule has 0 radical (unpaired) electrons. The fourth-order valence-corrected chi connectivity index (χ4v) is 3.60. The highest BCUT2D eigenvalue weighted by Crippen LogP contribution is 2.35. The Morgan fingerprint density at radius 2 is 1.73 bits per heavy atom. The number of amides is 2. The van der Waals surface area contributed by atoms with Crippen LogP contribution < -0.4 is 20.1 Å². The summed E-state index contributed by atoms with van der Waals surface area (Å²) in [7, 11) is 0. The number of halogens is 3. The normalized spacial score (nSPS) is 15.4. The lowest BCUT2D eigenvalue weighted by atomic mass is 10.1. The maximum Gasteiger partial charge on any atom is 0.270 e. The average molecular weight is 485 g/mol. The van der Waals surface area contributed by atoms with Crippen LogP contribution in [0.15, 0.2) is 42.0 Å². The van der Waals surface area contributed by atoms with Gasteiger partial charge in [0.1, 0.15) is 12.2 Å². The number of thiocarbonyl (C=S) groups is 1. The molecule has 0 aliphatic carbocycles. The minimum atomic E-state index is -1.45. The van der Waals surface area contributed by atoms with Crippen molar-refractivity contribution in [3.63, 3.8) is 0 Å². The van der Waals surface area contributed by atoms with E-state index in [9.17, 15) is 19.5 Å². The van der Waals surface area contributed by atoms with Gasteiger partial charge in [-0.2, -0.15) is 0 Å². The number of nitrogens with zero attached hydrogens (tertiary/aromatic N) is 1. The molecule has 1 aliphatic heterocycles. The average Bonchev–Trinajstić information content (AvgIpc) is 2.65. The first kappa shape index (κ1) is 22.0. The number of carboxylic acids is 1. The van der Waals surface area contributed by atoms with Crippen LogP contribution in [0.25, 0.3) is 6.08 Å². The van der Waals surface area contributed by atoms with Crippen LogP contribution in [0, 0.1) is 0 Å². The van der Waals surface area contributed by atoms with Crippen LogP contribution in [0.1, 0.15) is 5.56 Å². The Balaban J connectivity index is 1.96. The Labute approximate surface area is 190 Å². The zero-order valence-corrected chi connectivity index (χ0v) is 17.9. The van der Waals surface area contributed by atoms with E-state index in [-0.39, 0.29) is 26.5 Å². The summed E-state index contributed by atoms with van der Waals surface area (Å²) < 4.78 is 4.99. The molecule has 1 aliphatic rings. The van der Waals surface area contributed by atoms with Crippen molar-refractivity contribution in [1.29, 1.82) is 0 Å². The van der Waals surface area contributed by atoms with Crippen molar-refractivity contribution >= 4 is 81.7 Å². The van der Waals surface area contributed by atoms with E-state index in [4.69, 9.17) is 51.8 Å². The summed E-state index contributed by atoms with van der Waals surface area (Å²) in [6, 6.07) is 9.06. The monoisotopic (exact) mass is 483 g/mol. The molecular formula is C19H10Cl3N2O5S-.